The van der Waals surface area contributed by atoms with Crippen LogP contribution in [0, 0.1) is 11.3 Å². The molecule has 42 heavy (non-hydrogen) atoms. The van der Waals surface area contributed by atoms with E-state index >= 15 is 0 Å². The minimum absolute atomic E-state index is 0.149. The maximum atomic E-state index is 14.3. The highest BCUT2D eigenvalue weighted by atomic mass is 35.5. The predicted molar refractivity (Wildman–Crippen MR) is 162 cm³/mol. The number of hydrogen-bond acceptors (Lipinski definition) is 5. The summed E-state index contributed by atoms with van der Waals surface area (Å²) in [6.45, 7) is 7.26. The summed E-state index contributed by atoms with van der Waals surface area (Å²) >= 11 is 6.54. The molecular weight excluding hydrogens is 556 g/mol. The van der Waals surface area contributed by atoms with Gasteiger partial charge in [0.15, 0.2) is 0 Å². The van der Waals surface area contributed by atoms with Crippen LogP contribution >= 0.6 is 11.6 Å². The van der Waals surface area contributed by atoms with Crippen LogP contribution in [0.5, 0.6) is 5.75 Å². The molecule has 222 valence electrons. The van der Waals surface area contributed by atoms with Crippen LogP contribution in [-0.2, 0) is 19.1 Å². The Bertz CT molecular complexity index is 1510. The average molecular weight is 593 g/mol. The molecule has 1 saturated heterocycles. The number of hydrogen-bond donors (Lipinski definition) is 1. The molecule has 5 rings (SSSR count). The molecule has 0 bridgehead atoms. The number of carbonyl (C=O) groups excluding carboxylic acids is 2. The number of rotatable bonds is 6. The van der Waals surface area contributed by atoms with Gasteiger partial charge in [-0.25, -0.2) is 0 Å². The van der Waals surface area contributed by atoms with E-state index in [0.29, 0.717) is 43.2 Å². The second kappa shape index (κ2) is 11.9. The van der Waals surface area contributed by atoms with Gasteiger partial charge >= 0.3 is 5.97 Å². The highest BCUT2D eigenvalue weighted by molar-refractivity contribution is 6.30. The monoisotopic (exact) mass is 592 g/mol. The Kier molecular flexibility index (Phi) is 8.49. The van der Waals surface area contributed by atoms with Gasteiger partial charge in [0.2, 0.25) is 5.91 Å². The van der Waals surface area contributed by atoms with Gasteiger partial charge in [-0.05, 0) is 53.5 Å². The normalized spacial score (nSPS) is 19.9. The number of fused-ring (bicyclic) bond motifs is 2. The molecule has 0 radical (unpaired) electrons. The van der Waals surface area contributed by atoms with Crippen molar-refractivity contribution >= 4 is 45.8 Å². The van der Waals surface area contributed by atoms with Crippen molar-refractivity contribution in [1.29, 1.82) is 0 Å². The SMILES string of the molecule is COc1ccc(C2OC(CC(=O)N3CCC(C(=O)O)CC3)C(=O)N(CC(C)(C)C)c3ccc(Cl)cc32)c2ccccc12. The number of piperidine rings is 1. The van der Waals surface area contributed by atoms with Gasteiger partial charge < -0.3 is 24.4 Å². The fourth-order valence-corrected chi connectivity index (χ4v) is 6.13. The summed E-state index contributed by atoms with van der Waals surface area (Å²) in [5.41, 5.74) is 2.03. The molecule has 0 aliphatic carbocycles. The lowest BCUT2D eigenvalue weighted by Crippen LogP contribution is -2.47. The van der Waals surface area contributed by atoms with Crippen LogP contribution in [0.1, 0.15) is 57.3 Å². The van der Waals surface area contributed by atoms with Gasteiger partial charge in [0.1, 0.15) is 18.0 Å². The van der Waals surface area contributed by atoms with E-state index in [1.54, 1.807) is 23.0 Å². The number of anilines is 1. The Morgan fingerprint density at radius 1 is 1.02 bits per heavy atom. The molecule has 2 unspecified atom stereocenters. The largest absolute Gasteiger partial charge is 0.496 e. The highest BCUT2D eigenvalue weighted by Gasteiger charge is 2.40. The minimum Gasteiger partial charge on any atom is -0.496 e. The molecule has 0 saturated carbocycles. The quantitative estimate of drug-likeness (QED) is 0.372. The van der Waals surface area contributed by atoms with Crippen molar-refractivity contribution in [3.63, 3.8) is 0 Å². The molecule has 2 aliphatic heterocycles. The number of carboxylic acids is 1. The number of amides is 2. The number of methoxy groups -OCH3 is 1. The number of halogens is 1. The summed E-state index contributed by atoms with van der Waals surface area (Å²) in [7, 11) is 1.63. The second-order valence-corrected chi connectivity index (χ2v) is 12.7. The first-order chi connectivity index (χ1) is 20.0. The van der Waals surface area contributed by atoms with E-state index in [-0.39, 0.29) is 23.7 Å². The molecule has 2 heterocycles. The van der Waals surface area contributed by atoms with E-state index in [1.807, 2.05) is 48.5 Å². The third-order valence-electron chi connectivity index (χ3n) is 8.01. The third-order valence-corrected chi connectivity index (χ3v) is 8.25. The van der Waals surface area contributed by atoms with E-state index in [0.717, 1.165) is 27.6 Å². The lowest BCUT2D eigenvalue weighted by molar-refractivity contribution is -0.148. The molecule has 1 N–H and O–H groups in total. The Balaban J connectivity index is 1.59. The van der Waals surface area contributed by atoms with Crippen LogP contribution in [0.3, 0.4) is 0 Å². The van der Waals surface area contributed by atoms with Crippen LogP contribution in [0.15, 0.2) is 54.6 Å². The average Bonchev–Trinajstić information content (AvgIpc) is 3.06. The Labute approximate surface area is 251 Å². The first-order valence-corrected chi connectivity index (χ1v) is 14.7. The van der Waals surface area contributed by atoms with Crippen molar-refractivity contribution in [3.05, 3.63) is 70.7 Å². The number of nitrogens with zero attached hydrogens (tertiary/aromatic N) is 2. The number of likely N-dealkylation sites (tertiary alicyclic amines) is 1. The van der Waals surface area contributed by atoms with E-state index in [9.17, 15) is 19.5 Å². The molecule has 0 aromatic heterocycles. The van der Waals surface area contributed by atoms with E-state index in [2.05, 4.69) is 20.8 Å². The standard InChI is InChI=1S/C33H37ClN2O6/c1-33(2,3)19-36-26-11-9-21(34)17-25(26)30(24-10-12-27(41-4)23-8-6-5-7-22(23)24)42-28(31(36)38)18-29(37)35-15-13-20(14-16-35)32(39)40/h5-12,17,20,28,30H,13-16,18-19H2,1-4H3,(H,39,40). The summed E-state index contributed by atoms with van der Waals surface area (Å²) in [5, 5.41) is 11.7. The maximum absolute atomic E-state index is 14.3. The van der Waals surface area contributed by atoms with Crippen molar-refractivity contribution < 1.29 is 29.0 Å². The number of carboxylic acid groups (broad SMARTS) is 1. The number of ether oxygens (including phenoxy) is 2. The molecule has 3 aromatic rings. The summed E-state index contributed by atoms with van der Waals surface area (Å²) in [5.74, 6) is -1.10. The second-order valence-electron chi connectivity index (χ2n) is 12.3. The third kappa shape index (κ3) is 6.10. The molecule has 9 heteroatoms. The summed E-state index contributed by atoms with van der Waals surface area (Å²) < 4.78 is 12.3. The van der Waals surface area contributed by atoms with Gasteiger partial charge in [-0.2, -0.15) is 0 Å². The smallest absolute Gasteiger partial charge is 0.306 e. The maximum Gasteiger partial charge on any atom is 0.306 e. The lowest BCUT2D eigenvalue weighted by Gasteiger charge is -2.33. The van der Waals surface area contributed by atoms with Gasteiger partial charge in [0.05, 0.1) is 19.4 Å². The molecule has 1 fully saturated rings. The van der Waals surface area contributed by atoms with E-state index < -0.39 is 24.1 Å². The van der Waals surface area contributed by atoms with Crippen molar-refractivity contribution in [3.8, 4) is 5.75 Å². The van der Waals surface area contributed by atoms with Crippen molar-refractivity contribution in [2.45, 2.75) is 52.2 Å². The van der Waals surface area contributed by atoms with Crippen LogP contribution in [-0.4, -0.2) is 60.6 Å². The molecule has 2 amide bonds. The van der Waals surface area contributed by atoms with Crippen LogP contribution < -0.4 is 9.64 Å². The molecule has 3 aromatic carbocycles. The first-order valence-electron chi connectivity index (χ1n) is 14.3. The molecule has 8 nitrogen and oxygen atoms in total. The number of benzene rings is 3. The van der Waals surface area contributed by atoms with Gasteiger partial charge in [0.25, 0.3) is 5.91 Å². The number of carbonyl (C=O) groups is 3. The molecule has 0 spiro atoms. The fourth-order valence-electron chi connectivity index (χ4n) is 5.95. The highest BCUT2D eigenvalue weighted by Crippen LogP contribution is 2.44. The van der Waals surface area contributed by atoms with Crippen LogP contribution in [0.25, 0.3) is 10.8 Å². The zero-order valence-electron chi connectivity index (χ0n) is 24.4. The minimum atomic E-state index is -1.06. The van der Waals surface area contributed by atoms with Crippen molar-refractivity contribution in [2.24, 2.45) is 11.3 Å². The summed E-state index contributed by atoms with van der Waals surface area (Å²) in [6, 6.07) is 17.1. The van der Waals surface area contributed by atoms with Crippen LogP contribution in [0.4, 0.5) is 5.69 Å². The fraction of sp³-hybridized carbons (Fsp3) is 0.424. The van der Waals surface area contributed by atoms with Gasteiger partial charge in [-0.1, -0.05) is 62.7 Å². The molecular formula is C33H37ClN2O6. The Morgan fingerprint density at radius 3 is 2.36 bits per heavy atom. The zero-order chi connectivity index (χ0) is 30.2. The van der Waals surface area contributed by atoms with Gasteiger partial charge in [0, 0.05) is 41.3 Å². The van der Waals surface area contributed by atoms with E-state index in [4.69, 9.17) is 21.1 Å². The Hall–Kier alpha value is -3.62. The summed E-state index contributed by atoms with van der Waals surface area (Å²) in [4.78, 5) is 42.6. The Morgan fingerprint density at radius 2 is 1.71 bits per heavy atom. The van der Waals surface area contributed by atoms with Gasteiger partial charge in [-0.3, -0.25) is 14.4 Å². The van der Waals surface area contributed by atoms with Crippen molar-refractivity contribution in [2.75, 3.05) is 31.6 Å². The topological polar surface area (TPSA) is 96.4 Å². The first kappa shape index (κ1) is 29.9. The molecule has 2 aliphatic rings. The van der Waals surface area contributed by atoms with Crippen molar-refractivity contribution in [1.82, 2.24) is 4.90 Å². The number of aliphatic carboxylic acids is 1. The zero-order valence-corrected chi connectivity index (χ0v) is 25.2. The lowest BCUT2D eigenvalue weighted by atomic mass is 9.92. The van der Waals surface area contributed by atoms with Gasteiger partial charge in [-0.15, -0.1) is 0 Å². The van der Waals surface area contributed by atoms with E-state index in [1.165, 1.54) is 0 Å². The molecule has 2 atom stereocenters. The van der Waals surface area contributed by atoms with Crippen LogP contribution in [0.2, 0.25) is 5.02 Å². The summed E-state index contributed by atoms with van der Waals surface area (Å²) in [6.07, 6.45) is -1.13. The predicted octanol–water partition coefficient (Wildman–Crippen LogP) is 6.08.